The van der Waals surface area contributed by atoms with Gasteiger partial charge in [-0.3, -0.25) is 4.79 Å². The van der Waals surface area contributed by atoms with E-state index in [9.17, 15) is 4.79 Å². The van der Waals surface area contributed by atoms with Crippen LogP contribution in [0.2, 0.25) is 0 Å². The molecule has 128 valence electrons. The molecule has 0 unspecified atom stereocenters. The SMILES string of the molecule is CCc1ccc(OCC(=O)Nc2ccccc2Br)cc1OC(C)C. The third kappa shape index (κ3) is 5.27. The van der Waals surface area contributed by atoms with Crippen LogP contribution in [-0.2, 0) is 11.2 Å². The fourth-order valence-electron chi connectivity index (χ4n) is 2.18. The average Bonchev–Trinajstić information content (AvgIpc) is 2.55. The second-order valence-corrected chi connectivity index (χ2v) is 6.46. The Balaban J connectivity index is 1.98. The third-order valence-corrected chi connectivity index (χ3v) is 3.99. The highest BCUT2D eigenvalue weighted by Crippen LogP contribution is 2.26. The molecule has 0 atom stereocenters. The number of para-hydroxylation sites is 1. The van der Waals surface area contributed by atoms with Crippen molar-refractivity contribution in [3.8, 4) is 11.5 Å². The van der Waals surface area contributed by atoms with E-state index in [0.717, 1.165) is 27.9 Å². The van der Waals surface area contributed by atoms with Crippen LogP contribution in [0, 0.1) is 0 Å². The van der Waals surface area contributed by atoms with Gasteiger partial charge in [0.2, 0.25) is 0 Å². The Hall–Kier alpha value is -2.01. The lowest BCUT2D eigenvalue weighted by atomic mass is 10.1. The number of benzene rings is 2. The van der Waals surface area contributed by atoms with Crippen molar-refractivity contribution in [1.82, 2.24) is 0 Å². The quantitative estimate of drug-likeness (QED) is 0.735. The second-order valence-electron chi connectivity index (χ2n) is 5.61. The predicted molar refractivity (Wildman–Crippen MR) is 99.9 cm³/mol. The Morgan fingerprint density at radius 3 is 2.62 bits per heavy atom. The summed E-state index contributed by atoms with van der Waals surface area (Å²) < 4.78 is 12.2. The molecule has 0 aliphatic carbocycles. The Bertz CT molecular complexity index is 701. The summed E-state index contributed by atoms with van der Waals surface area (Å²) in [6.45, 7) is 5.98. The number of halogens is 1. The first-order valence-electron chi connectivity index (χ1n) is 7.96. The first-order valence-corrected chi connectivity index (χ1v) is 8.75. The third-order valence-electron chi connectivity index (χ3n) is 3.30. The van der Waals surface area contributed by atoms with Gasteiger partial charge in [0.15, 0.2) is 6.61 Å². The molecule has 0 radical (unpaired) electrons. The van der Waals surface area contributed by atoms with Crippen LogP contribution in [0.1, 0.15) is 26.3 Å². The normalized spacial score (nSPS) is 10.5. The van der Waals surface area contributed by atoms with Gasteiger partial charge in [0.25, 0.3) is 5.91 Å². The van der Waals surface area contributed by atoms with Gasteiger partial charge < -0.3 is 14.8 Å². The van der Waals surface area contributed by atoms with Gasteiger partial charge in [-0.05, 0) is 60.0 Å². The van der Waals surface area contributed by atoms with E-state index in [0.29, 0.717) is 5.75 Å². The summed E-state index contributed by atoms with van der Waals surface area (Å²) >= 11 is 3.40. The summed E-state index contributed by atoms with van der Waals surface area (Å²) in [6.07, 6.45) is 0.967. The van der Waals surface area contributed by atoms with Crippen LogP contribution < -0.4 is 14.8 Å². The van der Waals surface area contributed by atoms with Crippen LogP contribution in [0.15, 0.2) is 46.9 Å². The van der Waals surface area contributed by atoms with Crippen molar-refractivity contribution in [1.29, 1.82) is 0 Å². The number of carbonyl (C=O) groups is 1. The summed E-state index contributed by atoms with van der Waals surface area (Å²) in [5.74, 6) is 1.20. The maximum Gasteiger partial charge on any atom is 0.262 e. The molecule has 5 heteroatoms. The van der Waals surface area contributed by atoms with Crippen molar-refractivity contribution in [2.24, 2.45) is 0 Å². The lowest BCUT2D eigenvalue weighted by molar-refractivity contribution is -0.118. The largest absolute Gasteiger partial charge is 0.491 e. The average molecular weight is 392 g/mol. The summed E-state index contributed by atoms with van der Waals surface area (Å²) in [5.41, 5.74) is 1.84. The van der Waals surface area contributed by atoms with Gasteiger partial charge in [0.1, 0.15) is 11.5 Å². The van der Waals surface area contributed by atoms with E-state index in [-0.39, 0.29) is 18.6 Å². The second kappa shape index (κ2) is 8.73. The van der Waals surface area contributed by atoms with Gasteiger partial charge in [-0.15, -0.1) is 0 Å². The van der Waals surface area contributed by atoms with Crippen LogP contribution in [0.3, 0.4) is 0 Å². The topological polar surface area (TPSA) is 47.6 Å². The van der Waals surface area contributed by atoms with Crippen molar-refractivity contribution in [2.75, 3.05) is 11.9 Å². The summed E-state index contributed by atoms with van der Waals surface area (Å²) in [7, 11) is 0. The Morgan fingerprint density at radius 2 is 1.96 bits per heavy atom. The van der Waals surface area contributed by atoms with Crippen LogP contribution in [0.5, 0.6) is 11.5 Å². The molecule has 0 saturated heterocycles. The molecule has 0 fully saturated rings. The van der Waals surface area contributed by atoms with Crippen molar-refractivity contribution in [3.05, 3.63) is 52.5 Å². The van der Waals surface area contributed by atoms with E-state index in [1.807, 2.05) is 56.3 Å². The molecule has 2 rings (SSSR count). The fraction of sp³-hybridized carbons (Fsp3) is 0.316. The molecule has 0 spiro atoms. The van der Waals surface area contributed by atoms with E-state index < -0.39 is 0 Å². The molecule has 1 amide bonds. The lowest BCUT2D eigenvalue weighted by Crippen LogP contribution is -2.20. The molecule has 0 bridgehead atoms. The zero-order chi connectivity index (χ0) is 17.5. The van der Waals surface area contributed by atoms with Crippen LogP contribution in [0.25, 0.3) is 0 Å². The zero-order valence-corrected chi connectivity index (χ0v) is 15.7. The minimum absolute atomic E-state index is 0.0616. The minimum atomic E-state index is -0.215. The summed E-state index contributed by atoms with van der Waals surface area (Å²) in [5, 5.41) is 2.81. The number of nitrogens with one attached hydrogen (secondary N) is 1. The molecular weight excluding hydrogens is 370 g/mol. The Morgan fingerprint density at radius 1 is 1.21 bits per heavy atom. The number of anilines is 1. The minimum Gasteiger partial charge on any atom is -0.491 e. The highest BCUT2D eigenvalue weighted by Gasteiger charge is 2.09. The van der Waals surface area contributed by atoms with Crippen LogP contribution >= 0.6 is 15.9 Å². The first kappa shape index (κ1) is 18.3. The van der Waals surface area contributed by atoms with E-state index in [2.05, 4.69) is 28.2 Å². The van der Waals surface area contributed by atoms with Crippen molar-refractivity contribution in [2.45, 2.75) is 33.3 Å². The Kier molecular flexibility index (Phi) is 6.67. The van der Waals surface area contributed by atoms with E-state index in [1.165, 1.54) is 0 Å². The molecule has 0 aliphatic rings. The molecular formula is C19H22BrNO3. The highest BCUT2D eigenvalue weighted by atomic mass is 79.9. The van der Waals surface area contributed by atoms with Crippen molar-refractivity contribution < 1.29 is 14.3 Å². The molecule has 2 aromatic carbocycles. The smallest absolute Gasteiger partial charge is 0.262 e. The van der Waals surface area contributed by atoms with E-state index >= 15 is 0 Å². The monoisotopic (exact) mass is 391 g/mol. The molecule has 2 aromatic rings. The van der Waals surface area contributed by atoms with Crippen molar-refractivity contribution >= 4 is 27.5 Å². The molecule has 0 heterocycles. The van der Waals surface area contributed by atoms with E-state index in [1.54, 1.807) is 0 Å². The number of rotatable bonds is 7. The zero-order valence-electron chi connectivity index (χ0n) is 14.1. The standard InChI is InChI=1S/C19H22BrNO3/c1-4-14-9-10-15(11-18(14)24-13(2)3)23-12-19(22)21-17-8-6-5-7-16(17)20/h5-11,13H,4,12H2,1-3H3,(H,21,22). The predicted octanol–water partition coefficient (Wildman–Crippen LogP) is 4.82. The summed E-state index contributed by atoms with van der Waals surface area (Å²) in [4.78, 5) is 12.0. The van der Waals surface area contributed by atoms with Gasteiger partial charge in [-0.25, -0.2) is 0 Å². The van der Waals surface area contributed by atoms with Gasteiger partial charge in [-0.1, -0.05) is 25.1 Å². The van der Waals surface area contributed by atoms with Gasteiger partial charge >= 0.3 is 0 Å². The van der Waals surface area contributed by atoms with Gasteiger partial charge in [0.05, 0.1) is 11.8 Å². The van der Waals surface area contributed by atoms with Crippen molar-refractivity contribution in [3.63, 3.8) is 0 Å². The maximum atomic E-state index is 12.0. The number of carbonyl (C=O) groups excluding carboxylic acids is 1. The maximum absolute atomic E-state index is 12.0. The molecule has 0 aliphatic heterocycles. The number of ether oxygens (including phenoxy) is 2. The fourth-order valence-corrected chi connectivity index (χ4v) is 2.56. The number of amides is 1. The van der Waals surface area contributed by atoms with Crippen LogP contribution in [0.4, 0.5) is 5.69 Å². The van der Waals surface area contributed by atoms with E-state index in [4.69, 9.17) is 9.47 Å². The lowest BCUT2D eigenvalue weighted by Gasteiger charge is -2.15. The molecule has 24 heavy (non-hydrogen) atoms. The molecule has 0 saturated carbocycles. The summed E-state index contributed by atoms with van der Waals surface area (Å²) in [6, 6.07) is 13.1. The number of hydrogen-bond acceptors (Lipinski definition) is 3. The number of hydrogen-bond donors (Lipinski definition) is 1. The number of aryl methyl sites for hydroxylation is 1. The highest BCUT2D eigenvalue weighted by molar-refractivity contribution is 9.10. The molecule has 4 nitrogen and oxygen atoms in total. The van der Waals surface area contributed by atoms with Gasteiger partial charge in [0, 0.05) is 10.5 Å². The first-order chi connectivity index (χ1) is 11.5. The molecule has 0 aromatic heterocycles. The Labute approximate surface area is 151 Å². The molecule has 1 N–H and O–H groups in total. The van der Waals surface area contributed by atoms with Gasteiger partial charge in [-0.2, -0.15) is 0 Å². The van der Waals surface area contributed by atoms with Crippen LogP contribution in [-0.4, -0.2) is 18.6 Å².